The molecule has 0 fully saturated rings. The largest absolute Gasteiger partial charge is 0.468 e. The molecule has 156 valence electrons. The van der Waals surface area contributed by atoms with Crippen molar-refractivity contribution in [3.8, 4) is 0 Å². The van der Waals surface area contributed by atoms with Crippen LogP contribution in [0.3, 0.4) is 0 Å². The van der Waals surface area contributed by atoms with E-state index in [1.54, 1.807) is 30.3 Å². The third-order valence-corrected chi connectivity index (χ3v) is 4.97. The number of hydrogen-bond donors (Lipinski definition) is 1. The molecule has 0 saturated heterocycles. The summed E-state index contributed by atoms with van der Waals surface area (Å²) in [5.74, 6) is 0.0559. The molecule has 2 heterocycles. The van der Waals surface area contributed by atoms with Crippen LogP contribution < -0.4 is 5.32 Å². The number of para-hydroxylation sites is 1. The fraction of sp³-hybridized carbons (Fsp3) is 0.227. The van der Waals surface area contributed by atoms with E-state index in [9.17, 15) is 9.59 Å². The van der Waals surface area contributed by atoms with E-state index in [-0.39, 0.29) is 18.4 Å². The average Bonchev–Trinajstić information content (AvgIpc) is 3.07. The Morgan fingerprint density at radius 3 is 2.80 bits per heavy atom. The summed E-state index contributed by atoms with van der Waals surface area (Å²) in [4.78, 5) is 29.5. The molecule has 2 aromatic heterocycles. The van der Waals surface area contributed by atoms with Crippen LogP contribution in [0.15, 0.2) is 48.8 Å². The first kappa shape index (κ1) is 21.4. The fourth-order valence-corrected chi connectivity index (χ4v) is 3.41. The highest BCUT2D eigenvalue weighted by atomic mass is 35.5. The van der Waals surface area contributed by atoms with Crippen LogP contribution in [-0.2, 0) is 27.9 Å². The normalized spacial score (nSPS) is 11.1. The first-order valence-corrected chi connectivity index (χ1v) is 9.69. The molecule has 7 nitrogen and oxygen atoms in total. The number of nitrogens with one attached hydrogen (secondary N) is 1. The predicted molar refractivity (Wildman–Crippen MR) is 118 cm³/mol. The van der Waals surface area contributed by atoms with Crippen molar-refractivity contribution in [3.05, 3.63) is 65.0 Å². The lowest BCUT2D eigenvalue weighted by Crippen LogP contribution is -2.24. The summed E-state index contributed by atoms with van der Waals surface area (Å²) in [7, 11) is 5.03. The molecule has 8 heteroatoms. The Morgan fingerprint density at radius 1 is 1.30 bits per heavy atom. The topological polar surface area (TPSA) is 76.5 Å². The van der Waals surface area contributed by atoms with Crippen LogP contribution in [0, 0.1) is 0 Å². The summed E-state index contributed by atoms with van der Waals surface area (Å²) < 4.78 is 6.54. The zero-order valence-corrected chi connectivity index (χ0v) is 17.8. The fourth-order valence-electron chi connectivity index (χ4n) is 3.10. The van der Waals surface area contributed by atoms with Crippen LogP contribution in [0.1, 0.15) is 11.1 Å². The van der Waals surface area contributed by atoms with Gasteiger partial charge < -0.3 is 19.5 Å². The van der Waals surface area contributed by atoms with Gasteiger partial charge in [0.15, 0.2) is 0 Å². The van der Waals surface area contributed by atoms with Crippen molar-refractivity contribution in [1.29, 1.82) is 0 Å². The lowest BCUT2D eigenvalue weighted by Gasteiger charge is -2.14. The summed E-state index contributed by atoms with van der Waals surface area (Å²) in [6.07, 6.45) is 6.83. The molecule has 1 aromatic carbocycles. The molecule has 3 aromatic rings. The number of carbonyl (C=O) groups excluding carboxylic acids is 2. The quantitative estimate of drug-likeness (QED) is 0.462. The molecule has 0 aliphatic rings. The molecule has 0 radical (unpaired) electrons. The number of rotatable bonds is 7. The van der Waals surface area contributed by atoms with Gasteiger partial charge in [0.05, 0.1) is 17.6 Å². The Balaban J connectivity index is 1.62. The molecule has 1 N–H and O–H groups in total. The zero-order valence-electron chi connectivity index (χ0n) is 17.1. The highest BCUT2D eigenvalue weighted by molar-refractivity contribution is 6.35. The van der Waals surface area contributed by atoms with Gasteiger partial charge in [-0.2, -0.15) is 0 Å². The molecule has 0 unspecified atom stereocenters. The number of esters is 1. The summed E-state index contributed by atoms with van der Waals surface area (Å²) in [5.41, 5.74) is 2.76. The maximum atomic E-state index is 12.5. The van der Waals surface area contributed by atoms with E-state index in [0.29, 0.717) is 17.4 Å². The molecule has 0 atom stereocenters. The number of ether oxygens (including phenoxy) is 1. The molecule has 0 bridgehead atoms. The number of nitrogens with zero attached hydrogens (tertiary/aromatic N) is 3. The first-order valence-electron chi connectivity index (χ1n) is 9.31. The minimum absolute atomic E-state index is 0.0430. The van der Waals surface area contributed by atoms with Crippen LogP contribution in [0.25, 0.3) is 17.0 Å². The minimum Gasteiger partial charge on any atom is -0.468 e. The highest BCUT2D eigenvalue weighted by Crippen LogP contribution is 2.28. The number of aryl methyl sites for hydroxylation is 1. The van der Waals surface area contributed by atoms with Crippen molar-refractivity contribution in [2.24, 2.45) is 7.05 Å². The lowest BCUT2D eigenvalue weighted by molar-refractivity contribution is -0.138. The lowest BCUT2D eigenvalue weighted by atomic mass is 10.1. The Bertz CT molecular complexity index is 1090. The van der Waals surface area contributed by atoms with Crippen LogP contribution >= 0.6 is 11.6 Å². The second-order valence-electron chi connectivity index (χ2n) is 6.84. The molecule has 30 heavy (non-hydrogen) atoms. The van der Waals surface area contributed by atoms with E-state index in [2.05, 4.69) is 15.0 Å². The van der Waals surface area contributed by atoms with E-state index in [1.165, 1.54) is 13.2 Å². The second kappa shape index (κ2) is 9.45. The number of aromatic nitrogens is 2. The Kier molecular flexibility index (Phi) is 6.74. The van der Waals surface area contributed by atoms with E-state index in [1.807, 2.05) is 42.1 Å². The maximum absolute atomic E-state index is 12.5. The molecular formula is C22H23ClN4O3. The number of halogens is 1. The number of pyridine rings is 1. The molecule has 1 amide bonds. The summed E-state index contributed by atoms with van der Waals surface area (Å²) in [6, 6.07) is 9.31. The van der Waals surface area contributed by atoms with E-state index in [4.69, 9.17) is 11.6 Å². The monoisotopic (exact) mass is 426 g/mol. The van der Waals surface area contributed by atoms with Gasteiger partial charge in [-0.15, -0.1) is 0 Å². The summed E-state index contributed by atoms with van der Waals surface area (Å²) in [5, 5.41) is 4.58. The summed E-state index contributed by atoms with van der Waals surface area (Å²) >= 11 is 6.30. The van der Waals surface area contributed by atoms with Crippen molar-refractivity contribution in [1.82, 2.24) is 14.5 Å². The molecule has 0 saturated carbocycles. The van der Waals surface area contributed by atoms with Crippen LogP contribution in [0.2, 0.25) is 5.02 Å². The van der Waals surface area contributed by atoms with Gasteiger partial charge in [-0.3, -0.25) is 9.59 Å². The van der Waals surface area contributed by atoms with Gasteiger partial charge in [0.2, 0.25) is 5.91 Å². The Hall–Kier alpha value is -3.32. The van der Waals surface area contributed by atoms with Crippen molar-refractivity contribution in [2.75, 3.05) is 26.0 Å². The maximum Gasteiger partial charge on any atom is 0.325 e. The third kappa shape index (κ3) is 4.99. The SMILES string of the molecule is COC(=O)CNc1ccc(/C=C/C(=O)N(C)Cc2cn(C)c3c(Cl)cccc23)cn1. The number of carbonyl (C=O) groups is 2. The van der Waals surface area contributed by atoms with Gasteiger partial charge in [0.1, 0.15) is 12.4 Å². The highest BCUT2D eigenvalue weighted by Gasteiger charge is 2.13. The first-order chi connectivity index (χ1) is 14.4. The molecule has 3 rings (SSSR count). The van der Waals surface area contributed by atoms with E-state index < -0.39 is 0 Å². The Labute approximate surface area is 179 Å². The van der Waals surface area contributed by atoms with Gasteiger partial charge in [0.25, 0.3) is 0 Å². The number of hydrogen-bond acceptors (Lipinski definition) is 5. The number of fused-ring (bicyclic) bond motifs is 1. The van der Waals surface area contributed by atoms with Gasteiger partial charge in [0, 0.05) is 44.5 Å². The van der Waals surface area contributed by atoms with Crippen molar-refractivity contribution >= 4 is 46.3 Å². The molecule has 0 aliphatic heterocycles. The van der Waals surface area contributed by atoms with Gasteiger partial charge in [-0.05, 0) is 35.4 Å². The number of anilines is 1. The molecule has 0 aliphatic carbocycles. The standard InChI is InChI=1S/C22H23ClN4O3/c1-26(13-16-14-27(2)22-17(16)5-4-6-18(22)23)20(28)10-8-15-7-9-19(24-11-15)25-12-21(29)30-3/h4-11,14H,12-13H2,1-3H3,(H,24,25)/b10-8+. The van der Waals surface area contributed by atoms with Crippen molar-refractivity contribution in [3.63, 3.8) is 0 Å². The minimum atomic E-state index is -0.372. The number of benzene rings is 1. The molecule has 0 spiro atoms. The van der Waals surface area contributed by atoms with Crippen LogP contribution in [0.4, 0.5) is 5.82 Å². The van der Waals surface area contributed by atoms with Gasteiger partial charge in [-0.25, -0.2) is 4.98 Å². The molecular weight excluding hydrogens is 404 g/mol. The van der Waals surface area contributed by atoms with Crippen molar-refractivity contribution in [2.45, 2.75) is 6.54 Å². The number of likely N-dealkylation sites (N-methyl/N-ethyl adjacent to an activating group) is 1. The number of methoxy groups -OCH3 is 1. The van der Waals surface area contributed by atoms with Crippen LogP contribution in [0.5, 0.6) is 0 Å². The van der Waals surface area contributed by atoms with E-state index in [0.717, 1.165) is 22.0 Å². The van der Waals surface area contributed by atoms with Crippen molar-refractivity contribution < 1.29 is 14.3 Å². The average molecular weight is 427 g/mol. The number of amides is 1. The van der Waals surface area contributed by atoms with E-state index >= 15 is 0 Å². The van der Waals surface area contributed by atoms with Gasteiger partial charge >= 0.3 is 5.97 Å². The smallest absolute Gasteiger partial charge is 0.325 e. The predicted octanol–water partition coefficient (Wildman–Crippen LogP) is 3.48. The Morgan fingerprint density at radius 2 is 2.10 bits per heavy atom. The second-order valence-corrected chi connectivity index (χ2v) is 7.24. The van der Waals surface area contributed by atoms with Crippen LogP contribution in [-0.4, -0.2) is 47.0 Å². The summed E-state index contributed by atoms with van der Waals surface area (Å²) in [6.45, 7) is 0.511. The van der Waals surface area contributed by atoms with Gasteiger partial charge in [-0.1, -0.05) is 23.7 Å². The third-order valence-electron chi connectivity index (χ3n) is 4.66. The zero-order chi connectivity index (χ0) is 21.7.